The molecule has 0 amide bonds. The van der Waals surface area contributed by atoms with Crippen LogP contribution in [-0.2, 0) is 0 Å². The van der Waals surface area contributed by atoms with Crippen LogP contribution in [0.5, 0.6) is 0 Å². The Morgan fingerprint density at radius 1 is 0.786 bits per heavy atom. The molecule has 0 aliphatic heterocycles. The Morgan fingerprint density at radius 3 is 1.29 bits per heavy atom. The first-order valence-corrected chi connectivity index (χ1v) is 5.79. The van der Waals surface area contributed by atoms with E-state index >= 15 is 0 Å². The summed E-state index contributed by atoms with van der Waals surface area (Å²) in [6.45, 7) is 8.49. The summed E-state index contributed by atoms with van der Waals surface area (Å²) in [6, 6.07) is 0. The van der Waals surface area contributed by atoms with Crippen LogP contribution in [0.2, 0.25) is 0 Å². The summed E-state index contributed by atoms with van der Waals surface area (Å²) in [7, 11) is 0. The first-order valence-electron chi connectivity index (χ1n) is 5.79. The number of hydrogen-bond acceptors (Lipinski definition) is 2. The van der Waals surface area contributed by atoms with E-state index < -0.39 is 0 Å². The molecule has 0 spiro atoms. The summed E-state index contributed by atoms with van der Waals surface area (Å²) in [5.41, 5.74) is 0. The Morgan fingerprint density at radius 2 is 1.07 bits per heavy atom. The van der Waals surface area contributed by atoms with Gasteiger partial charge in [0.25, 0.3) is 0 Å². The molecule has 0 bridgehead atoms. The van der Waals surface area contributed by atoms with Gasteiger partial charge in [0.2, 0.25) is 0 Å². The summed E-state index contributed by atoms with van der Waals surface area (Å²) < 4.78 is 0. The zero-order valence-electron chi connectivity index (χ0n) is 9.77. The third-order valence-electron chi connectivity index (χ3n) is 3.73. The Balaban J connectivity index is 2.62. The van der Waals surface area contributed by atoms with Crippen LogP contribution in [0.3, 0.4) is 0 Å². The van der Waals surface area contributed by atoms with Crippen LogP contribution >= 0.6 is 0 Å². The van der Waals surface area contributed by atoms with Crippen LogP contribution < -0.4 is 0 Å². The fourth-order valence-electron chi connectivity index (χ4n) is 2.65. The van der Waals surface area contributed by atoms with Crippen LogP contribution in [-0.4, -0.2) is 22.4 Å². The number of aliphatic hydroxyl groups excluding tert-OH is 2. The highest BCUT2D eigenvalue weighted by Gasteiger charge is 2.37. The summed E-state index contributed by atoms with van der Waals surface area (Å²) in [6.07, 6.45) is 1.10. The van der Waals surface area contributed by atoms with E-state index in [1.54, 1.807) is 0 Å². The Labute approximate surface area is 87.3 Å². The molecular weight excluding hydrogens is 176 g/mol. The van der Waals surface area contributed by atoms with Crippen LogP contribution in [0.25, 0.3) is 0 Å². The first kappa shape index (κ1) is 12.0. The molecule has 0 aromatic heterocycles. The molecule has 2 nitrogen and oxygen atoms in total. The van der Waals surface area contributed by atoms with Crippen LogP contribution in [0, 0.1) is 23.7 Å². The Kier molecular flexibility index (Phi) is 3.96. The van der Waals surface area contributed by atoms with Crippen molar-refractivity contribution in [1.82, 2.24) is 0 Å². The van der Waals surface area contributed by atoms with Gasteiger partial charge in [-0.15, -0.1) is 0 Å². The minimum atomic E-state index is -0.217. The average Bonchev–Trinajstić information content (AvgIpc) is 2.07. The van der Waals surface area contributed by atoms with E-state index in [2.05, 4.69) is 27.7 Å². The van der Waals surface area contributed by atoms with Gasteiger partial charge in [-0.2, -0.15) is 0 Å². The zero-order chi connectivity index (χ0) is 10.9. The minimum absolute atomic E-state index is 0.217. The number of rotatable bonds is 2. The average molecular weight is 200 g/mol. The normalized spacial score (nSPS) is 39.4. The zero-order valence-corrected chi connectivity index (χ0v) is 9.77. The third-order valence-corrected chi connectivity index (χ3v) is 3.73. The molecule has 4 atom stereocenters. The van der Waals surface area contributed by atoms with Gasteiger partial charge in [-0.3, -0.25) is 0 Å². The molecule has 1 aliphatic carbocycles. The SMILES string of the molecule is CC(C)[C@H]1C[C@H](O)[C@@H](C(C)C)C[C@@H]1O. The van der Waals surface area contributed by atoms with Gasteiger partial charge in [-0.25, -0.2) is 0 Å². The molecule has 1 fully saturated rings. The second kappa shape index (κ2) is 4.63. The van der Waals surface area contributed by atoms with Gasteiger partial charge in [0.05, 0.1) is 12.2 Å². The maximum absolute atomic E-state index is 9.97. The molecule has 1 aliphatic rings. The molecule has 84 valence electrons. The quantitative estimate of drug-likeness (QED) is 0.716. The lowest BCUT2D eigenvalue weighted by molar-refractivity contribution is -0.0597. The fourth-order valence-corrected chi connectivity index (χ4v) is 2.65. The van der Waals surface area contributed by atoms with Gasteiger partial charge < -0.3 is 10.2 Å². The predicted octanol–water partition coefficient (Wildman–Crippen LogP) is 2.05. The van der Waals surface area contributed by atoms with Crippen molar-refractivity contribution in [2.24, 2.45) is 23.7 Å². The van der Waals surface area contributed by atoms with Crippen molar-refractivity contribution < 1.29 is 10.2 Å². The highest BCUT2D eigenvalue weighted by molar-refractivity contribution is 4.87. The second-order valence-electron chi connectivity index (χ2n) is 5.42. The molecule has 1 rings (SSSR count). The molecule has 0 aromatic carbocycles. The minimum Gasteiger partial charge on any atom is -0.393 e. The molecule has 2 heteroatoms. The van der Waals surface area contributed by atoms with E-state index in [9.17, 15) is 10.2 Å². The molecule has 1 saturated carbocycles. The summed E-state index contributed by atoms with van der Waals surface area (Å²) in [4.78, 5) is 0. The van der Waals surface area contributed by atoms with Gasteiger partial charge in [0.15, 0.2) is 0 Å². The number of aliphatic hydroxyl groups is 2. The molecule has 0 heterocycles. The van der Waals surface area contributed by atoms with Crippen LogP contribution in [0.1, 0.15) is 40.5 Å². The molecule has 0 unspecified atom stereocenters. The first-order chi connectivity index (χ1) is 6.43. The Hall–Kier alpha value is -0.0800. The Bertz CT molecular complexity index is 157. The molecule has 0 aromatic rings. The van der Waals surface area contributed by atoms with Gasteiger partial charge in [-0.05, 0) is 36.5 Å². The van der Waals surface area contributed by atoms with Gasteiger partial charge >= 0.3 is 0 Å². The van der Waals surface area contributed by atoms with Crippen molar-refractivity contribution in [3.8, 4) is 0 Å². The highest BCUT2D eigenvalue weighted by atomic mass is 16.3. The van der Waals surface area contributed by atoms with Crippen molar-refractivity contribution in [3.05, 3.63) is 0 Å². The monoisotopic (exact) mass is 200 g/mol. The molecular formula is C12H24O2. The second-order valence-corrected chi connectivity index (χ2v) is 5.42. The molecule has 0 saturated heterocycles. The van der Waals surface area contributed by atoms with Gasteiger partial charge in [0.1, 0.15) is 0 Å². The predicted molar refractivity (Wildman–Crippen MR) is 57.9 cm³/mol. The highest BCUT2D eigenvalue weighted by Crippen LogP contribution is 2.37. The smallest absolute Gasteiger partial charge is 0.0575 e. The van der Waals surface area contributed by atoms with Crippen molar-refractivity contribution >= 4 is 0 Å². The summed E-state index contributed by atoms with van der Waals surface area (Å²) in [5, 5.41) is 19.9. The van der Waals surface area contributed by atoms with E-state index in [0.717, 1.165) is 12.8 Å². The van der Waals surface area contributed by atoms with Gasteiger partial charge in [0, 0.05) is 0 Å². The molecule has 0 radical (unpaired) electrons. The van der Waals surface area contributed by atoms with Crippen molar-refractivity contribution in [2.45, 2.75) is 52.7 Å². The van der Waals surface area contributed by atoms with E-state index in [1.165, 1.54) is 0 Å². The van der Waals surface area contributed by atoms with Crippen LogP contribution in [0.15, 0.2) is 0 Å². The van der Waals surface area contributed by atoms with Crippen molar-refractivity contribution in [1.29, 1.82) is 0 Å². The summed E-state index contributed by atoms with van der Waals surface area (Å²) >= 11 is 0. The lowest BCUT2D eigenvalue weighted by Crippen LogP contribution is -2.42. The molecule has 14 heavy (non-hydrogen) atoms. The van der Waals surface area contributed by atoms with Crippen molar-refractivity contribution in [2.75, 3.05) is 0 Å². The topological polar surface area (TPSA) is 40.5 Å². The van der Waals surface area contributed by atoms with Crippen molar-refractivity contribution in [3.63, 3.8) is 0 Å². The van der Waals surface area contributed by atoms with Gasteiger partial charge in [-0.1, -0.05) is 27.7 Å². The standard InChI is InChI=1S/C12H24O2/c1-7(2)9-5-12(14)10(8(3)4)6-11(9)13/h7-14H,5-6H2,1-4H3/t9-,10-,11+,12+/m1/s1. The largest absolute Gasteiger partial charge is 0.393 e. The van der Waals surface area contributed by atoms with E-state index in [-0.39, 0.29) is 24.0 Å². The lowest BCUT2D eigenvalue weighted by atomic mass is 9.70. The van der Waals surface area contributed by atoms with Crippen LogP contribution in [0.4, 0.5) is 0 Å². The summed E-state index contributed by atoms with van der Waals surface area (Å²) in [5.74, 6) is 1.49. The number of hydrogen-bond donors (Lipinski definition) is 2. The third kappa shape index (κ3) is 2.48. The van der Waals surface area contributed by atoms with E-state index in [1.807, 2.05) is 0 Å². The maximum Gasteiger partial charge on any atom is 0.0575 e. The van der Waals surface area contributed by atoms with E-state index in [4.69, 9.17) is 0 Å². The lowest BCUT2D eigenvalue weighted by Gasteiger charge is -2.40. The molecule has 2 N–H and O–H groups in total. The maximum atomic E-state index is 9.97. The fraction of sp³-hybridized carbons (Fsp3) is 1.00. The van der Waals surface area contributed by atoms with E-state index in [0.29, 0.717) is 11.8 Å².